The largest absolute Gasteiger partial charge is 0.381 e. The Balaban J connectivity index is 1.31. The number of rotatable bonds is 6. The highest BCUT2D eigenvalue weighted by atomic mass is 35.5. The van der Waals surface area contributed by atoms with Crippen LogP contribution in [0.4, 0.5) is 10.1 Å². The second-order valence-corrected chi connectivity index (χ2v) is 8.37. The first-order valence-corrected chi connectivity index (χ1v) is 10.0. The van der Waals surface area contributed by atoms with Crippen LogP contribution >= 0.6 is 11.6 Å². The molecule has 4 nitrogen and oxygen atoms in total. The van der Waals surface area contributed by atoms with E-state index in [0.717, 1.165) is 35.9 Å². The quantitative estimate of drug-likeness (QED) is 0.644. The molecule has 1 unspecified atom stereocenters. The SMILES string of the molecule is CC(Nc1ccn2c(CC3CC3)nnc2c1Cl)[C@H]1C[C@@H]1c1ccc(F)cc1. The van der Waals surface area contributed by atoms with Crippen LogP contribution in [0.3, 0.4) is 0 Å². The first-order valence-electron chi connectivity index (χ1n) is 9.64. The molecule has 3 aromatic rings. The molecule has 2 aliphatic rings. The summed E-state index contributed by atoms with van der Waals surface area (Å²) in [5, 5.41) is 12.8. The van der Waals surface area contributed by atoms with E-state index >= 15 is 0 Å². The second-order valence-electron chi connectivity index (χ2n) is 7.99. The van der Waals surface area contributed by atoms with Gasteiger partial charge in [-0.3, -0.25) is 4.40 Å². The summed E-state index contributed by atoms with van der Waals surface area (Å²) in [6.45, 7) is 2.18. The lowest BCUT2D eigenvalue weighted by Gasteiger charge is -2.17. The van der Waals surface area contributed by atoms with Gasteiger partial charge < -0.3 is 5.32 Å². The van der Waals surface area contributed by atoms with Crippen LogP contribution < -0.4 is 5.32 Å². The van der Waals surface area contributed by atoms with Crippen LogP contribution in [0, 0.1) is 17.7 Å². The standard InChI is InChI=1S/C21H22ClFN4/c1-12(16-11-17(16)14-4-6-15(23)7-5-14)24-18-8-9-27-19(10-13-2-3-13)25-26-21(27)20(18)22/h4-9,12-13,16-17,24H,2-3,10-11H2,1H3/t12?,16-,17-/m1/s1. The molecule has 0 amide bonds. The Bertz CT molecular complexity index is 980. The second kappa shape index (κ2) is 6.48. The minimum absolute atomic E-state index is 0.184. The van der Waals surface area contributed by atoms with Gasteiger partial charge in [0.25, 0.3) is 0 Å². The van der Waals surface area contributed by atoms with Crippen molar-refractivity contribution in [2.24, 2.45) is 11.8 Å². The van der Waals surface area contributed by atoms with Gasteiger partial charge in [0.1, 0.15) is 16.7 Å². The van der Waals surface area contributed by atoms with Gasteiger partial charge in [-0.25, -0.2) is 4.39 Å². The summed E-state index contributed by atoms with van der Waals surface area (Å²) < 4.78 is 15.1. The van der Waals surface area contributed by atoms with Gasteiger partial charge in [-0.15, -0.1) is 10.2 Å². The lowest BCUT2D eigenvalue weighted by atomic mass is 10.1. The van der Waals surface area contributed by atoms with E-state index in [1.807, 2.05) is 28.8 Å². The van der Waals surface area contributed by atoms with Crippen molar-refractivity contribution < 1.29 is 4.39 Å². The van der Waals surface area contributed by atoms with Crippen LogP contribution in [0.15, 0.2) is 36.5 Å². The predicted molar refractivity (Wildman–Crippen MR) is 105 cm³/mol. The number of benzene rings is 1. The van der Waals surface area contributed by atoms with Crippen molar-refractivity contribution in [2.75, 3.05) is 5.32 Å². The number of hydrogen-bond donors (Lipinski definition) is 1. The molecular formula is C21H22ClFN4. The van der Waals surface area contributed by atoms with Gasteiger partial charge in [0.2, 0.25) is 0 Å². The molecule has 0 spiro atoms. The van der Waals surface area contributed by atoms with Crippen molar-refractivity contribution in [3.8, 4) is 0 Å². The number of fused-ring (bicyclic) bond motifs is 1. The first kappa shape index (κ1) is 17.0. The van der Waals surface area contributed by atoms with Gasteiger partial charge in [-0.1, -0.05) is 23.7 Å². The van der Waals surface area contributed by atoms with Gasteiger partial charge in [-0.2, -0.15) is 0 Å². The fraction of sp³-hybridized carbons (Fsp3) is 0.429. The van der Waals surface area contributed by atoms with Crippen molar-refractivity contribution in [1.82, 2.24) is 14.6 Å². The molecule has 2 saturated carbocycles. The number of pyridine rings is 1. The van der Waals surface area contributed by atoms with Crippen molar-refractivity contribution in [1.29, 1.82) is 0 Å². The smallest absolute Gasteiger partial charge is 0.181 e. The lowest BCUT2D eigenvalue weighted by molar-refractivity contribution is 0.626. The number of halogens is 2. The molecule has 1 N–H and O–H groups in total. The number of nitrogens with zero attached hydrogens (tertiary/aromatic N) is 3. The molecule has 5 rings (SSSR count). The fourth-order valence-corrected chi connectivity index (χ4v) is 4.26. The molecule has 2 fully saturated rings. The Hall–Kier alpha value is -2.14. The zero-order valence-corrected chi connectivity index (χ0v) is 16.0. The molecule has 3 atom stereocenters. The third kappa shape index (κ3) is 3.29. The minimum atomic E-state index is -0.184. The average Bonchev–Trinajstić information content (AvgIpc) is 3.57. The van der Waals surface area contributed by atoms with Gasteiger partial charge in [0, 0.05) is 18.7 Å². The highest BCUT2D eigenvalue weighted by Crippen LogP contribution is 2.50. The Kier molecular flexibility index (Phi) is 4.08. The topological polar surface area (TPSA) is 42.2 Å². The first-order chi connectivity index (χ1) is 13.1. The van der Waals surface area contributed by atoms with E-state index < -0.39 is 0 Å². The number of hydrogen-bond acceptors (Lipinski definition) is 3. The summed E-state index contributed by atoms with van der Waals surface area (Å²) in [4.78, 5) is 0. The zero-order valence-electron chi connectivity index (χ0n) is 15.2. The lowest BCUT2D eigenvalue weighted by Crippen LogP contribution is -2.19. The van der Waals surface area contributed by atoms with Crippen LogP contribution in [0.25, 0.3) is 5.65 Å². The van der Waals surface area contributed by atoms with E-state index in [2.05, 4.69) is 22.4 Å². The van der Waals surface area contributed by atoms with Crippen LogP contribution in [0.5, 0.6) is 0 Å². The molecule has 140 valence electrons. The van der Waals surface area contributed by atoms with Crippen molar-refractivity contribution in [3.63, 3.8) is 0 Å². The number of nitrogens with one attached hydrogen (secondary N) is 1. The van der Waals surface area contributed by atoms with Crippen LogP contribution in [-0.2, 0) is 6.42 Å². The molecule has 2 heterocycles. The maximum atomic E-state index is 13.1. The molecule has 0 bridgehead atoms. The highest BCUT2D eigenvalue weighted by molar-refractivity contribution is 6.36. The Morgan fingerprint density at radius 2 is 2.00 bits per heavy atom. The van der Waals surface area contributed by atoms with Crippen molar-refractivity contribution in [3.05, 3.63) is 58.8 Å². The summed E-state index contributed by atoms with van der Waals surface area (Å²) in [5.74, 6) is 2.57. The van der Waals surface area contributed by atoms with E-state index in [9.17, 15) is 4.39 Å². The summed E-state index contributed by atoms with van der Waals surface area (Å²) in [6.07, 6.45) is 6.67. The molecule has 2 aliphatic carbocycles. The Morgan fingerprint density at radius 3 is 2.74 bits per heavy atom. The van der Waals surface area contributed by atoms with Gasteiger partial charge >= 0.3 is 0 Å². The van der Waals surface area contributed by atoms with Crippen LogP contribution in [0.2, 0.25) is 5.02 Å². The molecule has 27 heavy (non-hydrogen) atoms. The summed E-state index contributed by atoms with van der Waals surface area (Å²) >= 11 is 6.62. The third-order valence-corrected chi connectivity index (χ3v) is 6.29. The van der Waals surface area contributed by atoms with Crippen LogP contribution in [-0.4, -0.2) is 20.6 Å². The van der Waals surface area contributed by atoms with Crippen molar-refractivity contribution in [2.45, 2.75) is 44.6 Å². The predicted octanol–water partition coefficient (Wildman–Crippen LogP) is 5.08. The number of anilines is 1. The molecular weight excluding hydrogens is 363 g/mol. The third-order valence-electron chi connectivity index (χ3n) is 5.92. The van der Waals surface area contributed by atoms with Crippen molar-refractivity contribution >= 4 is 22.9 Å². The molecule has 0 aliphatic heterocycles. The fourth-order valence-electron chi connectivity index (χ4n) is 4.02. The van der Waals surface area contributed by atoms with E-state index in [4.69, 9.17) is 11.6 Å². The van der Waals surface area contributed by atoms with E-state index in [1.54, 1.807) is 0 Å². The molecule has 1 aromatic carbocycles. The van der Waals surface area contributed by atoms with Gasteiger partial charge in [0.15, 0.2) is 5.65 Å². The highest BCUT2D eigenvalue weighted by Gasteiger charge is 2.42. The zero-order chi connectivity index (χ0) is 18.5. The normalized spacial score (nSPS) is 22.8. The summed E-state index contributed by atoms with van der Waals surface area (Å²) in [6, 6.07) is 9.15. The van der Waals surface area contributed by atoms with E-state index in [-0.39, 0.29) is 11.9 Å². The van der Waals surface area contributed by atoms with Gasteiger partial charge in [0.05, 0.1) is 5.69 Å². The van der Waals surface area contributed by atoms with E-state index in [1.165, 1.54) is 30.5 Å². The molecule has 2 aromatic heterocycles. The summed E-state index contributed by atoms with van der Waals surface area (Å²) in [7, 11) is 0. The minimum Gasteiger partial charge on any atom is -0.381 e. The monoisotopic (exact) mass is 384 g/mol. The summed E-state index contributed by atoms with van der Waals surface area (Å²) in [5.41, 5.74) is 2.82. The number of aromatic nitrogens is 3. The van der Waals surface area contributed by atoms with Crippen LogP contribution in [0.1, 0.15) is 43.5 Å². The van der Waals surface area contributed by atoms with E-state index in [0.29, 0.717) is 16.9 Å². The maximum absolute atomic E-state index is 13.1. The average molecular weight is 385 g/mol. The Labute approximate surface area is 162 Å². The van der Waals surface area contributed by atoms with Gasteiger partial charge in [-0.05, 0) is 67.7 Å². The molecule has 0 saturated heterocycles. The molecule has 6 heteroatoms. The molecule has 0 radical (unpaired) electrons. The maximum Gasteiger partial charge on any atom is 0.181 e. The Morgan fingerprint density at radius 1 is 1.22 bits per heavy atom.